The minimum absolute atomic E-state index is 0.106. The van der Waals surface area contributed by atoms with E-state index in [2.05, 4.69) is 30.7 Å². The lowest BCUT2D eigenvalue weighted by Gasteiger charge is -1.95. The molecule has 2 rings (SSSR count). The van der Waals surface area contributed by atoms with Gasteiger partial charge in [-0.05, 0) is 17.7 Å². The van der Waals surface area contributed by atoms with Crippen LogP contribution in [0, 0.1) is 0 Å². The van der Waals surface area contributed by atoms with Gasteiger partial charge in [-0.1, -0.05) is 0 Å². The first-order valence-corrected chi connectivity index (χ1v) is 5.86. The Kier molecular flexibility index (Phi) is 4.92. The van der Waals surface area contributed by atoms with Gasteiger partial charge in [-0.3, -0.25) is 4.98 Å². The Bertz CT molecular complexity index is 605. The molecule has 0 amide bonds. The summed E-state index contributed by atoms with van der Waals surface area (Å²) in [5, 5.41) is 11.5. The van der Waals surface area contributed by atoms with Gasteiger partial charge in [0, 0.05) is 30.1 Å². The van der Waals surface area contributed by atoms with E-state index >= 15 is 0 Å². The van der Waals surface area contributed by atoms with Gasteiger partial charge in [-0.2, -0.15) is 10.2 Å². The molecule has 7 nitrogen and oxygen atoms in total. The average molecular weight is 268 g/mol. The number of aromatic nitrogens is 2. The first kappa shape index (κ1) is 13.3. The van der Waals surface area contributed by atoms with Crippen LogP contribution >= 0.6 is 0 Å². The molecular weight excluding hydrogens is 254 g/mol. The topological polar surface area (TPSA) is 102 Å². The average Bonchev–Trinajstić information content (AvgIpc) is 2.49. The number of rotatable bonds is 4. The lowest BCUT2D eigenvalue weighted by Crippen LogP contribution is -2.26. The van der Waals surface area contributed by atoms with E-state index in [4.69, 9.17) is 5.73 Å². The highest BCUT2D eigenvalue weighted by Crippen LogP contribution is 1.90. The molecule has 0 radical (unpaired) electrons. The maximum Gasteiger partial charge on any atom is 0.234 e. The van der Waals surface area contributed by atoms with E-state index in [1.54, 1.807) is 37.2 Å². The molecule has 0 spiro atoms. The minimum atomic E-state index is 0.106. The Morgan fingerprint density at radius 1 is 1.10 bits per heavy atom. The van der Waals surface area contributed by atoms with Gasteiger partial charge in [0.05, 0.1) is 12.4 Å². The largest absolute Gasteiger partial charge is 0.367 e. The summed E-state index contributed by atoms with van der Waals surface area (Å²) < 4.78 is 0. The highest BCUT2D eigenvalue weighted by molar-refractivity contribution is 5.84. The molecule has 0 saturated heterocycles. The first-order chi connectivity index (χ1) is 9.84. The molecule has 4 N–H and O–H groups in total. The number of hydrogen-bond acceptors (Lipinski definition) is 4. The third-order valence-electron chi connectivity index (χ3n) is 2.22. The molecule has 0 atom stereocenters. The molecule has 20 heavy (non-hydrogen) atoms. The summed E-state index contributed by atoms with van der Waals surface area (Å²) in [7, 11) is 0. The lowest BCUT2D eigenvalue weighted by atomic mass is 10.3. The summed E-state index contributed by atoms with van der Waals surface area (Å²) in [6, 6.07) is 7.38. The van der Waals surface area contributed by atoms with Gasteiger partial charge in [0.15, 0.2) is 12.4 Å². The van der Waals surface area contributed by atoms with Gasteiger partial charge in [-0.25, -0.2) is 10.4 Å². The number of guanidine groups is 1. The molecule has 7 heteroatoms. The van der Waals surface area contributed by atoms with E-state index in [9.17, 15) is 0 Å². The normalized spacial score (nSPS) is 12.1. The molecule has 0 fully saturated rings. The van der Waals surface area contributed by atoms with Crippen molar-refractivity contribution in [2.75, 3.05) is 0 Å². The lowest BCUT2D eigenvalue weighted by molar-refractivity contribution is -0.378. The zero-order valence-electron chi connectivity index (χ0n) is 10.6. The zero-order valence-corrected chi connectivity index (χ0v) is 10.6. The van der Waals surface area contributed by atoms with Crippen molar-refractivity contribution in [2.45, 2.75) is 0 Å². The van der Waals surface area contributed by atoms with Crippen molar-refractivity contribution in [3.63, 3.8) is 0 Å². The molecule has 0 unspecified atom stereocenters. The van der Waals surface area contributed by atoms with Gasteiger partial charge in [0.1, 0.15) is 0 Å². The van der Waals surface area contributed by atoms with E-state index in [0.717, 1.165) is 11.1 Å². The minimum Gasteiger partial charge on any atom is -0.367 e. The van der Waals surface area contributed by atoms with Crippen LogP contribution < -0.4 is 16.1 Å². The van der Waals surface area contributed by atoms with Crippen LogP contribution in [-0.4, -0.2) is 23.4 Å². The smallest absolute Gasteiger partial charge is 0.234 e. The van der Waals surface area contributed by atoms with Gasteiger partial charge >= 0.3 is 0 Å². The van der Waals surface area contributed by atoms with Crippen LogP contribution in [0.15, 0.2) is 64.4 Å². The molecule has 0 aromatic carbocycles. The molecule has 100 valence electrons. The maximum absolute atomic E-state index is 5.59. The van der Waals surface area contributed by atoms with Crippen LogP contribution in [0.3, 0.4) is 0 Å². The van der Waals surface area contributed by atoms with Gasteiger partial charge in [0.2, 0.25) is 5.96 Å². The number of pyridine rings is 2. The van der Waals surface area contributed by atoms with E-state index in [1.165, 1.54) is 0 Å². The van der Waals surface area contributed by atoms with E-state index in [-0.39, 0.29) is 5.96 Å². The molecular formula is C13H14N7+. The molecule has 0 aliphatic carbocycles. The molecule has 2 aromatic rings. The predicted octanol–water partition coefficient (Wildman–Crippen LogP) is 0.168. The zero-order chi connectivity index (χ0) is 14.0. The Morgan fingerprint density at radius 3 is 2.55 bits per heavy atom. The predicted molar refractivity (Wildman–Crippen MR) is 77.2 cm³/mol. The molecule has 0 saturated carbocycles. The van der Waals surface area contributed by atoms with Crippen molar-refractivity contribution in [3.8, 4) is 0 Å². The SMILES string of the molecule is N/C(=N\N=C\c1cc[nH+]cc1)N/N=C/c1ccncc1. The summed E-state index contributed by atoms with van der Waals surface area (Å²) >= 11 is 0. The standard InChI is InChI=1S/C13H13N7/c14-13(19-17-9-11-1-5-15-6-2-11)20-18-10-12-3-7-16-8-4-12/h1-10H,(H3,14,19,20)/p+1/b17-9+,18-10+. The summed E-state index contributed by atoms with van der Waals surface area (Å²) in [6.07, 6.45) is 10.2. The number of nitrogens with two attached hydrogens (primary N) is 1. The number of hydrogen-bond donors (Lipinski definition) is 2. The number of nitrogens with one attached hydrogen (secondary N) is 2. The number of hydrazone groups is 1. The Balaban J connectivity index is 1.86. The fraction of sp³-hybridized carbons (Fsp3) is 0. The fourth-order valence-corrected chi connectivity index (χ4v) is 1.29. The van der Waals surface area contributed by atoms with Crippen LogP contribution in [0.5, 0.6) is 0 Å². The van der Waals surface area contributed by atoms with Crippen LogP contribution in [0.4, 0.5) is 0 Å². The molecule has 0 aliphatic heterocycles. The Hall–Kier alpha value is -3.09. The van der Waals surface area contributed by atoms with Crippen molar-refractivity contribution >= 4 is 18.4 Å². The quantitative estimate of drug-likeness (QED) is 0.469. The fourth-order valence-electron chi connectivity index (χ4n) is 1.29. The van der Waals surface area contributed by atoms with Crippen LogP contribution in [0.25, 0.3) is 0 Å². The first-order valence-electron chi connectivity index (χ1n) is 5.86. The van der Waals surface area contributed by atoms with E-state index in [0.29, 0.717) is 0 Å². The molecule has 2 aromatic heterocycles. The third-order valence-corrected chi connectivity index (χ3v) is 2.22. The van der Waals surface area contributed by atoms with Crippen molar-refractivity contribution in [1.29, 1.82) is 0 Å². The Labute approximate surface area is 116 Å². The molecule has 0 bridgehead atoms. The Morgan fingerprint density at radius 2 is 1.80 bits per heavy atom. The third kappa shape index (κ3) is 4.65. The van der Waals surface area contributed by atoms with Crippen LogP contribution in [0.1, 0.15) is 11.1 Å². The highest BCUT2D eigenvalue weighted by Gasteiger charge is 1.89. The second-order valence-corrected chi connectivity index (χ2v) is 3.71. The van der Waals surface area contributed by atoms with Crippen molar-refractivity contribution in [2.24, 2.45) is 21.0 Å². The van der Waals surface area contributed by atoms with Crippen molar-refractivity contribution in [1.82, 2.24) is 10.4 Å². The van der Waals surface area contributed by atoms with Gasteiger partial charge in [0.25, 0.3) is 0 Å². The summed E-state index contributed by atoms with van der Waals surface area (Å²) in [4.78, 5) is 6.82. The maximum atomic E-state index is 5.59. The monoisotopic (exact) mass is 268 g/mol. The van der Waals surface area contributed by atoms with E-state index < -0.39 is 0 Å². The van der Waals surface area contributed by atoms with Gasteiger partial charge in [-0.15, -0.1) is 5.10 Å². The van der Waals surface area contributed by atoms with Gasteiger partial charge < -0.3 is 5.73 Å². The van der Waals surface area contributed by atoms with E-state index in [1.807, 2.05) is 24.3 Å². The second-order valence-electron chi connectivity index (χ2n) is 3.71. The number of aromatic amines is 1. The highest BCUT2D eigenvalue weighted by atomic mass is 15.4. The second kappa shape index (κ2) is 7.37. The van der Waals surface area contributed by atoms with Crippen molar-refractivity contribution in [3.05, 3.63) is 60.2 Å². The number of nitrogens with zero attached hydrogens (tertiary/aromatic N) is 4. The summed E-state index contributed by atoms with van der Waals surface area (Å²) in [5.41, 5.74) is 9.99. The van der Waals surface area contributed by atoms with Crippen LogP contribution in [0.2, 0.25) is 0 Å². The molecule has 2 heterocycles. The van der Waals surface area contributed by atoms with Crippen LogP contribution in [-0.2, 0) is 0 Å². The van der Waals surface area contributed by atoms with Crippen molar-refractivity contribution < 1.29 is 4.98 Å². The molecule has 0 aliphatic rings. The summed E-state index contributed by atoms with van der Waals surface area (Å²) in [6.45, 7) is 0. The number of H-pyrrole nitrogens is 1. The summed E-state index contributed by atoms with van der Waals surface area (Å²) in [5.74, 6) is 0.106.